The summed E-state index contributed by atoms with van der Waals surface area (Å²) in [7, 11) is 0. The number of hydrogen-bond acceptors (Lipinski definition) is 3. The van der Waals surface area contributed by atoms with Gasteiger partial charge in [0.2, 0.25) is 0 Å². The second kappa shape index (κ2) is 5.10. The van der Waals surface area contributed by atoms with Crippen LogP contribution < -0.4 is 5.32 Å². The first-order chi connectivity index (χ1) is 7.33. The first-order valence-corrected chi connectivity index (χ1v) is 6.57. The molecule has 1 aliphatic heterocycles. The Morgan fingerprint density at radius 2 is 2.47 bits per heavy atom. The third kappa shape index (κ3) is 2.41. The van der Waals surface area contributed by atoms with Crippen LogP contribution in [0, 0.1) is 12.8 Å². The first-order valence-electron chi connectivity index (χ1n) is 5.69. The van der Waals surface area contributed by atoms with Crippen molar-refractivity contribution in [2.75, 3.05) is 19.7 Å². The average Bonchev–Trinajstić information content (AvgIpc) is 2.82. The molecule has 2 nitrogen and oxygen atoms in total. The van der Waals surface area contributed by atoms with Gasteiger partial charge in [-0.05, 0) is 36.9 Å². The molecule has 0 amide bonds. The van der Waals surface area contributed by atoms with E-state index in [0.717, 1.165) is 19.7 Å². The van der Waals surface area contributed by atoms with Gasteiger partial charge >= 0.3 is 0 Å². The Balaban J connectivity index is 2.04. The molecule has 3 heteroatoms. The van der Waals surface area contributed by atoms with Crippen molar-refractivity contribution in [3.05, 3.63) is 21.9 Å². The molecule has 1 aromatic heterocycles. The molecule has 1 aliphatic rings. The molecule has 84 valence electrons. The highest BCUT2D eigenvalue weighted by Gasteiger charge is 2.30. The lowest BCUT2D eigenvalue weighted by Crippen LogP contribution is -2.24. The topological polar surface area (TPSA) is 21.3 Å². The summed E-state index contributed by atoms with van der Waals surface area (Å²) in [6.07, 6.45) is 1.53. The lowest BCUT2D eigenvalue weighted by molar-refractivity contribution is 0.0930. The molecule has 0 saturated carbocycles. The van der Waals surface area contributed by atoms with Crippen LogP contribution in [0.1, 0.15) is 29.9 Å². The van der Waals surface area contributed by atoms with Crippen LogP contribution in [-0.4, -0.2) is 19.7 Å². The van der Waals surface area contributed by atoms with Crippen LogP contribution in [0.2, 0.25) is 0 Å². The Labute approximate surface area is 95.6 Å². The van der Waals surface area contributed by atoms with Crippen molar-refractivity contribution in [2.45, 2.75) is 26.4 Å². The van der Waals surface area contributed by atoms with Crippen LogP contribution in [0.15, 0.2) is 11.4 Å². The Hall–Kier alpha value is -0.380. The summed E-state index contributed by atoms with van der Waals surface area (Å²) in [6.45, 7) is 7.38. The molecule has 1 saturated heterocycles. The van der Waals surface area contributed by atoms with E-state index >= 15 is 0 Å². The lowest BCUT2D eigenvalue weighted by atomic mass is 9.99. The van der Waals surface area contributed by atoms with E-state index in [1.54, 1.807) is 0 Å². The zero-order chi connectivity index (χ0) is 10.7. The maximum Gasteiger partial charge on any atom is 0.0960 e. The molecule has 0 radical (unpaired) electrons. The Kier molecular flexibility index (Phi) is 3.78. The quantitative estimate of drug-likeness (QED) is 0.850. The minimum Gasteiger partial charge on any atom is -0.372 e. The van der Waals surface area contributed by atoms with Gasteiger partial charge in [-0.1, -0.05) is 6.92 Å². The highest BCUT2D eigenvalue weighted by atomic mass is 32.1. The smallest absolute Gasteiger partial charge is 0.0960 e. The number of rotatable bonds is 4. The Morgan fingerprint density at radius 3 is 3.13 bits per heavy atom. The van der Waals surface area contributed by atoms with E-state index in [1.807, 2.05) is 11.3 Å². The average molecular weight is 225 g/mol. The normalized spacial score (nSPS) is 26.0. The highest BCUT2D eigenvalue weighted by Crippen LogP contribution is 2.38. The summed E-state index contributed by atoms with van der Waals surface area (Å²) in [6, 6.07) is 2.19. The van der Waals surface area contributed by atoms with Crippen LogP contribution in [0.4, 0.5) is 0 Å². The van der Waals surface area contributed by atoms with Gasteiger partial charge in [-0.15, -0.1) is 11.3 Å². The Morgan fingerprint density at radius 1 is 1.60 bits per heavy atom. The summed E-state index contributed by atoms with van der Waals surface area (Å²) in [5.41, 5.74) is 1.38. The molecular weight excluding hydrogens is 206 g/mol. The molecule has 1 fully saturated rings. The highest BCUT2D eigenvalue weighted by molar-refractivity contribution is 7.10. The van der Waals surface area contributed by atoms with Gasteiger partial charge in [0.15, 0.2) is 0 Å². The fourth-order valence-electron chi connectivity index (χ4n) is 2.14. The maximum atomic E-state index is 5.86. The lowest BCUT2D eigenvalue weighted by Gasteiger charge is -2.18. The van der Waals surface area contributed by atoms with Crippen LogP contribution in [0.25, 0.3) is 0 Å². The molecule has 0 aromatic carbocycles. The number of nitrogens with one attached hydrogen (secondary N) is 1. The van der Waals surface area contributed by atoms with E-state index in [-0.39, 0.29) is 0 Å². The second-order valence-electron chi connectivity index (χ2n) is 4.12. The van der Waals surface area contributed by atoms with Gasteiger partial charge in [0, 0.05) is 23.9 Å². The molecule has 0 bridgehead atoms. The predicted molar refractivity (Wildman–Crippen MR) is 64.4 cm³/mol. The number of thiophene rings is 1. The molecule has 2 heterocycles. The van der Waals surface area contributed by atoms with Crippen molar-refractivity contribution >= 4 is 11.3 Å². The van der Waals surface area contributed by atoms with Crippen molar-refractivity contribution in [1.82, 2.24) is 5.32 Å². The molecule has 1 aromatic rings. The summed E-state index contributed by atoms with van der Waals surface area (Å²) < 4.78 is 5.86. The van der Waals surface area contributed by atoms with E-state index in [2.05, 4.69) is 30.6 Å². The van der Waals surface area contributed by atoms with Crippen LogP contribution >= 0.6 is 11.3 Å². The largest absolute Gasteiger partial charge is 0.372 e. The van der Waals surface area contributed by atoms with E-state index < -0.39 is 0 Å². The van der Waals surface area contributed by atoms with E-state index in [9.17, 15) is 0 Å². The van der Waals surface area contributed by atoms with Crippen LogP contribution in [0.3, 0.4) is 0 Å². The number of aryl methyl sites for hydroxylation is 1. The molecule has 0 spiro atoms. The van der Waals surface area contributed by atoms with Crippen LogP contribution in [-0.2, 0) is 4.74 Å². The Bertz CT molecular complexity index is 310. The van der Waals surface area contributed by atoms with Crippen molar-refractivity contribution in [3.63, 3.8) is 0 Å². The molecule has 2 rings (SSSR count). The fourth-order valence-corrected chi connectivity index (χ4v) is 3.21. The zero-order valence-electron chi connectivity index (χ0n) is 9.45. The third-order valence-corrected chi connectivity index (χ3v) is 4.11. The molecule has 2 unspecified atom stereocenters. The van der Waals surface area contributed by atoms with Crippen molar-refractivity contribution in [2.24, 2.45) is 5.92 Å². The minimum atomic E-state index is 0.337. The van der Waals surface area contributed by atoms with Gasteiger partial charge in [-0.3, -0.25) is 0 Å². The SMILES string of the molecule is CCNCC1CCOC1c1sccc1C. The van der Waals surface area contributed by atoms with Crippen molar-refractivity contribution in [3.8, 4) is 0 Å². The summed E-state index contributed by atoms with van der Waals surface area (Å²) in [5.74, 6) is 0.655. The molecular formula is C12H19NOS. The number of ether oxygens (including phenoxy) is 1. The van der Waals surface area contributed by atoms with Gasteiger partial charge in [-0.2, -0.15) is 0 Å². The zero-order valence-corrected chi connectivity index (χ0v) is 10.3. The second-order valence-corrected chi connectivity index (χ2v) is 5.06. The fraction of sp³-hybridized carbons (Fsp3) is 0.667. The first kappa shape index (κ1) is 11.1. The summed E-state index contributed by atoms with van der Waals surface area (Å²) in [4.78, 5) is 1.43. The van der Waals surface area contributed by atoms with Gasteiger partial charge in [0.05, 0.1) is 6.10 Å². The predicted octanol–water partition coefficient (Wildman–Crippen LogP) is 2.74. The molecule has 1 N–H and O–H groups in total. The maximum absolute atomic E-state index is 5.86. The van der Waals surface area contributed by atoms with Gasteiger partial charge in [0.25, 0.3) is 0 Å². The summed E-state index contributed by atoms with van der Waals surface area (Å²) >= 11 is 1.83. The molecule has 2 atom stereocenters. The van der Waals surface area contributed by atoms with Gasteiger partial charge in [0.1, 0.15) is 0 Å². The molecule has 15 heavy (non-hydrogen) atoms. The standard InChI is InChI=1S/C12H19NOS/c1-3-13-8-10-4-6-14-11(10)12-9(2)5-7-15-12/h5,7,10-11,13H,3-4,6,8H2,1-2H3. The van der Waals surface area contributed by atoms with Crippen molar-refractivity contribution in [1.29, 1.82) is 0 Å². The van der Waals surface area contributed by atoms with Crippen molar-refractivity contribution < 1.29 is 4.74 Å². The van der Waals surface area contributed by atoms with E-state index in [1.165, 1.54) is 16.9 Å². The van der Waals surface area contributed by atoms with E-state index in [0.29, 0.717) is 12.0 Å². The molecule has 0 aliphatic carbocycles. The summed E-state index contributed by atoms with van der Waals surface area (Å²) in [5, 5.41) is 5.59. The number of hydrogen-bond donors (Lipinski definition) is 1. The van der Waals surface area contributed by atoms with E-state index in [4.69, 9.17) is 4.74 Å². The third-order valence-electron chi connectivity index (χ3n) is 3.03. The minimum absolute atomic E-state index is 0.337. The van der Waals surface area contributed by atoms with Crippen LogP contribution in [0.5, 0.6) is 0 Å². The monoisotopic (exact) mass is 225 g/mol. The van der Waals surface area contributed by atoms with Gasteiger partial charge in [-0.25, -0.2) is 0 Å². The van der Waals surface area contributed by atoms with Gasteiger partial charge < -0.3 is 10.1 Å².